The van der Waals surface area contributed by atoms with Crippen LogP contribution in [0, 0.1) is 11.7 Å². The number of hydrogen-bond donors (Lipinski definition) is 1. The zero-order valence-corrected chi connectivity index (χ0v) is 10.9. The van der Waals surface area contributed by atoms with Gasteiger partial charge in [-0.05, 0) is 36.6 Å². The van der Waals surface area contributed by atoms with Gasteiger partial charge in [-0.25, -0.2) is 4.39 Å². The number of piperidine rings is 1. The van der Waals surface area contributed by atoms with Crippen LogP contribution >= 0.6 is 12.4 Å². The lowest BCUT2D eigenvalue weighted by Crippen LogP contribution is -2.45. The van der Waals surface area contributed by atoms with Crippen LogP contribution < -0.4 is 5.73 Å². The van der Waals surface area contributed by atoms with Gasteiger partial charge in [-0.1, -0.05) is 19.1 Å². The smallest absolute Gasteiger partial charge is 0.123 e. The summed E-state index contributed by atoms with van der Waals surface area (Å²) >= 11 is 0. The zero-order valence-electron chi connectivity index (χ0n) is 10.1. The third-order valence-corrected chi connectivity index (χ3v) is 3.35. The molecule has 1 heterocycles. The van der Waals surface area contributed by atoms with Gasteiger partial charge in [-0.2, -0.15) is 0 Å². The van der Waals surface area contributed by atoms with E-state index in [-0.39, 0.29) is 18.2 Å². The number of halogens is 2. The Kier molecular flexibility index (Phi) is 5.37. The van der Waals surface area contributed by atoms with Crippen LogP contribution in [0.2, 0.25) is 0 Å². The highest BCUT2D eigenvalue weighted by Gasteiger charge is 2.22. The van der Waals surface area contributed by atoms with E-state index in [4.69, 9.17) is 5.73 Å². The van der Waals surface area contributed by atoms with Gasteiger partial charge in [0.2, 0.25) is 0 Å². The summed E-state index contributed by atoms with van der Waals surface area (Å²) in [7, 11) is 0. The second kappa shape index (κ2) is 6.34. The van der Waals surface area contributed by atoms with Gasteiger partial charge >= 0.3 is 0 Å². The summed E-state index contributed by atoms with van der Waals surface area (Å²) < 4.78 is 13.0. The van der Waals surface area contributed by atoms with Crippen LogP contribution in [-0.2, 0) is 6.54 Å². The van der Waals surface area contributed by atoms with Gasteiger partial charge < -0.3 is 5.73 Å². The highest BCUT2D eigenvalue weighted by Crippen LogP contribution is 2.17. The molecule has 2 atom stereocenters. The van der Waals surface area contributed by atoms with E-state index < -0.39 is 0 Å². The first-order chi connectivity index (χ1) is 7.65. The summed E-state index contributed by atoms with van der Waals surface area (Å²) in [5, 5.41) is 0. The standard InChI is InChI=1S/C13H19FN2.ClH/c1-10-8-16(6-5-13(10)15)9-11-3-2-4-12(14)7-11;/h2-4,7,10,13H,5-6,8-9,15H2,1H3;1H. The fourth-order valence-electron chi connectivity index (χ4n) is 2.29. The Labute approximate surface area is 108 Å². The number of likely N-dealkylation sites (tertiary alicyclic amines) is 1. The molecule has 1 saturated heterocycles. The molecule has 2 unspecified atom stereocenters. The van der Waals surface area contributed by atoms with E-state index in [1.165, 1.54) is 6.07 Å². The number of rotatable bonds is 2. The average Bonchev–Trinajstić information content (AvgIpc) is 2.24. The molecular weight excluding hydrogens is 239 g/mol. The first-order valence-electron chi connectivity index (χ1n) is 5.87. The summed E-state index contributed by atoms with van der Waals surface area (Å²) in [4.78, 5) is 2.35. The van der Waals surface area contributed by atoms with Crippen molar-refractivity contribution < 1.29 is 4.39 Å². The van der Waals surface area contributed by atoms with E-state index in [1.54, 1.807) is 12.1 Å². The molecule has 1 aromatic carbocycles. The topological polar surface area (TPSA) is 29.3 Å². The van der Waals surface area contributed by atoms with E-state index in [2.05, 4.69) is 11.8 Å². The van der Waals surface area contributed by atoms with E-state index in [1.807, 2.05) is 6.07 Å². The van der Waals surface area contributed by atoms with E-state index in [0.717, 1.165) is 31.6 Å². The van der Waals surface area contributed by atoms with Crippen molar-refractivity contribution in [1.29, 1.82) is 0 Å². The molecule has 1 aromatic rings. The van der Waals surface area contributed by atoms with Gasteiger partial charge in [-0.15, -0.1) is 12.4 Å². The van der Waals surface area contributed by atoms with Gasteiger partial charge in [0.15, 0.2) is 0 Å². The third-order valence-electron chi connectivity index (χ3n) is 3.35. The van der Waals surface area contributed by atoms with Crippen molar-refractivity contribution in [2.45, 2.75) is 25.9 Å². The van der Waals surface area contributed by atoms with Crippen molar-refractivity contribution >= 4 is 12.4 Å². The number of benzene rings is 1. The largest absolute Gasteiger partial charge is 0.327 e. The van der Waals surface area contributed by atoms with Crippen LogP contribution in [0.15, 0.2) is 24.3 Å². The lowest BCUT2D eigenvalue weighted by Gasteiger charge is -2.35. The first kappa shape index (κ1) is 14.4. The fourth-order valence-corrected chi connectivity index (χ4v) is 2.29. The lowest BCUT2D eigenvalue weighted by molar-refractivity contribution is 0.157. The minimum absolute atomic E-state index is 0. The molecule has 96 valence electrons. The molecule has 0 radical (unpaired) electrons. The minimum atomic E-state index is -0.153. The van der Waals surface area contributed by atoms with Gasteiger partial charge in [0, 0.05) is 19.1 Å². The fraction of sp³-hybridized carbons (Fsp3) is 0.538. The highest BCUT2D eigenvalue weighted by molar-refractivity contribution is 5.85. The van der Waals surface area contributed by atoms with Crippen LogP contribution in [0.3, 0.4) is 0 Å². The maximum Gasteiger partial charge on any atom is 0.123 e. The van der Waals surface area contributed by atoms with Gasteiger partial charge in [0.25, 0.3) is 0 Å². The first-order valence-corrected chi connectivity index (χ1v) is 5.87. The Balaban J connectivity index is 0.00000144. The predicted octanol–water partition coefficient (Wildman–Crippen LogP) is 2.42. The average molecular weight is 259 g/mol. The van der Waals surface area contributed by atoms with Crippen molar-refractivity contribution in [3.05, 3.63) is 35.6 Å². The van der Waals surface area contributed by atoms with Crippen LogP contribution in [0.4, 0.5) is 4.39 Å². The van der Waals surface area contributed by atoms with Crippen molar-refractivity contribution in [3.8, 4) is 0 Å². The van der Waals surface area contributed by atoms with Crippen LogP contribution in [0.25, 0.3) is 0 Å². The van der Waals surface area contributed by atoms with Crippen molar-refractivity contribution in [2.75, 3.05) is 13.1 Å². The predicted molar refractivity (Wildman–Crippen MR) is 70.7 cm³/mol. The molecule has 17 heavy (non-hydrogen) atoms. The van der Waals surface area contributed by atoms with Crippen LogP contribution in [0.1, 0.15) is 18.9 Å². The summed E-state index contributed by atoms with van der Waals surface area (Å²) in [5.41, 5.74) is 7.02. The molecular formula is C13H20ClFN2. The second-order valence-electron chi connectivity index (χ2n) is 4.79. The molecule has 2 nitrogen and oxygen atoms in total. The van der Waals surface area contributed by atoms with E-state index in [9.17, 15) is 4.39 Å². The van der Waals surface area contributed by atoms with Crippen LogP contribution in [0.5, 0.6) is 0 Å². The van der Waals surface area contributed by atoms with Gasteiger partial charge in [-0.3, -0.25) is 4.90 Å². The lowest BCUT2D eigenvalue weighted by atomic mass is 9.94. The Hall–Kier alpha value is -0.640. The molecule has 1 aliphatic heterocycles. The molecule has 0 aliphatic carbocycles. The number of hydrogen-bond acceptors (Lipinski definition) is 2. The Morgan fingerprint density at radius 2 is 2.24 bits per heavy atom. The molecule has 2 N–H and O–H groups in total. The van der Waals surface area contributed by atoms with E-state index >= 15 is 0 Å². The Bertz CT molecular complexity index is 359. The summed E-state index contributed by atoms with van der Waals surface area (Å²) in [6.07, 6.45) is 1.04. The molecule has 0 amide bonds. The molecule has 0 saturated carbocycles. The van der Waals surface area contributed by atoms with Gasteiger partial charge in [0.05, 0.1) is 0 Å². The van der Waals surface area contributed by atoms with Crippen molar-refractivity contribution in [1.82, 2.24) is 4.90 Å². The van der Waals surface area contributed by atoms with Crippen LogP contribution in [-0.4, -0.2) is 24.0 Å². The Morgan fingerprint density at radius 3 is 2.88 bits per heavy atom. The molecule has 0 bridgehead atoms. The third kappa shape index (κ3) is 3.95. The zero-order chi connectivity index (χ0) is 11.5. The van der Waals surface area contributed by atoms with Crippen molar-refractivity contribution in [3.63, 3.8) is 0 Å². The molecule has 0 aromatic heterocycles. The maximum atomic E-state index is 13.0. The Morgan fingerprint density at radius 1 is 1.47 bits per heavy atom. The molecule has 1 fully saturated rings. The number of nitrogens with two attached hydrogens (primary N) is 1. The molecule has 0 spiro atoms. The second-order valence-corrected chi connectivity index (χ2v) is 4.79. The normalized spacial score (nSPS) is 25.4. The summed E-state index contributed by atoms with van der Waals surface area (Å²) in [5.74, 6) is 0.376. The molecule has 4 heteroatoms. The molecule has 1 aliphatic rings. The minimum Gasteiger partial charge on any atom is -0.327 e. The summed E-state index contributed by atoms with van der Waals surface area (Å²) in [6, 6.07) is 7.16. The van der Waals surface area contributed by atoms with Crippen molar-refractivity contribution in [2.24, 2.45) is 11.7 Å². The maximum absolute atomic E-state index is 13.0. The van der Waals surface area contributed by atoms with E-state index in [0.29, 0.717) is 12.0 Å². The van der Waals surface area contributed by atoms with Gasteiger partial charge in [0.1, 0.15) is 5.82 Å². The SMILES string of the molecule is CC1CN(Cc2cccc(F)c2)CCC1N.Cl. The monoisotopic (exact) mass is 258 g/mol. The quantitative estimate of drug-likeness (QED) is 0.883. The number of nitrogens with zero attached hydrogens (tertiary/aromatic N) is 1. The summed E-state index contributed by atoms with van der Waals surface area (Å²) in [6.45, 7) is 5.04. The highest BCUT2D eigenvalue weighted by atomic mass is 35.5. The molecule has 2 rings (SSSR count).